The van der Waals surface area contributed by atoms with E-state index in [9.17, 15) is 4.79 Å². The molecule has 0 atom stereocenters. The molecule has 0 spiro atoms. The molecule has 0 aliphatic rings. The molecule has 0 aliphatic heterocycles. The molecule has 130 valence electrons. The summed E-state index contributed by atoms with van der Waals surface area (Å²) in [6.07, 6.45) is 5.77. The third-order valence-electron chi connectivity index (χ3n) is 4.16. The summed E-state index contributed by atoms with van der Waals surface area (Å²) in [6, 6.07) is 3.75. The van der Waals surface area contributed by atoms with E-state index >= 15 is 0 Å². The second kappa shape index (κ2) is 7.38. The van der Waals surface area contributed by atoms with Crippen molar-refractivity contribution in [2.45, 2.75) is 40.0 Å². The third-order valence-corrected chi connectivity index (χ3v) is 4.16. The molecule has 0 bridgehead atoms. The Labute approximate surface area is 146 Å². The van der Waals surface area contributed by atoms with Crippen LogP contribution in [-0.4, -0.2) is 37.0 Å². The highest BCUT2D eigenvalue weighted by atomic mass is 16.1. The van der Waals surface area contributed by atoms with Crippen molar-refractivity contribution in [2.24, 2.45) is 0 Å². The number of unbranched alkanes of at least 4 members (excludes halogenated alkanes) is 1. The van der Waals surface area contributed by atoms with E-state index in [0.29, 0.717) is 24.6 Å². The molecule has 0 aromatic carbocycles. The molecule has 0 fully saturated rings. The molecule has 7 nitrogen and oxygen atoms in total. The lowest BCUT2D eigenvalue weighted by Gasteiger charge is -2.10. The number of nitrogens with zero attached hydrogens (tertiary/aromatic N) is 5. The zero-order valence-electron chi connectivity index (χ0n) is 14.8. The smallest absolute Gasteiger partial charge is 0.253 e. The number of fused-ring (bicyclic) bond motifs is 1. The maximum Gasteiger partial charge on any atom is 0.253 e. The van der Waals surface area contributed by atoms with Crippen LogP contribution in [0.3, 0.4) is 0 Å². The fraction of sp³-hybridized carbons (Fsp3) is 0.389. The van der Waals surface area contributed by atoms with Crippen molar-refractivity contribution in [2.75, 3.05) is 6.54 Å². The van der Waals surface area contributed by atoms with Crippen LogP contribution in [0.25, 0.3) is 17.2 Å². The molecule has 3 aromatic heterocycles. The number of hydrogen-bond acceptors (Lipinski definition) is 5. The second-order valence-corrected chi connectivity index (χ2v) is 6.03. The fourth-order valence-corrected chi connectivity index (χ4v) is 2.71. The highest BCUT2D eigenvalue weighted by molar-refractivity contribution is 5.79. The Morgan fingerprint density at radius 1 is 1.28 bits per heavy atom. The van der Waals surface area contributed by atoms with Crippen LogP contribution in [0.5, 0.6) is 0 Å². The standard InChI is InChI=1S/C18H22N6O/c1-4-5-9-20-16(25)10-15-12(2)21-18-22-17(23-24(18)13(15)3)14-7-6-8-19-11-14/h6-8,11H,4-5,9-10H2,1-3H3,(H,20,25). The van der Waals surface area contributed by atoms with E-state index in [4.69, 9.17) is 0 Å². The lowest BCUT2D eigenvalue weighted by molar-refractivity contribution is -0.120. The summed E-state index contributed by atoms with van der Waals surface area (Å²) >= 11 is 0. The molecule has 0 unspecified atom stereocenters. The van der Waals surface area contributed by atoms with Crippen molar-refractivity contribution in [3.63, 3.8) is 0 Å². The first kappa shape index (κ1) is 17.0. The largest absolute Gasteiger partial charge is 0.356 e. The van der Waals surface area contributed by atoms with Crippen molar-refractivity contribution in [3.8, 4) is 11.4 Å². The van der Waals surface area contributed by atoms with Crippen LogP contribution in [0.15, 0.2) is 24.5 Å². The molecule has 25 heavy (non-hydrogen) atoms. The van der Waals surface area contributed by atoms with Gasteiger partial charge in [0.2, 0.25) is 5.91 Å². The van der Waals surface area contributed by atoms with Gasteiger partial charge in [0.25, 0.3) is 5.78 Å². The van der Waals surface area contributed by atoms with Crippen LogP contribution in [-0.2, 0) is 11.2 Å². The number of aromatic nitrogens is 5. The van der Waals surface area contributed by atoms with E-state index in [2.05, 4.69) is 32.3 Å². The predicted molar refractivity (Wildman–Crippen MR) is 95.1 cm³/mol. The molecule has 0 radical (unpaired) electrons. The first-order valence-electron chi connectivity index (χ1n) is 8.50. The van der Waals surface area contributed by atoms with Gasteiger partial charge in [0, 0.05) is 41.5 Å². The van der Waals surface area contributed by atoms with Gasteiger partial charge >= 0.3 is 0 Å². The van der Waals surface area contributed by atoms with Gasteiger partial charge in [-0.15, -0.1) is 5.10 Å². The Bertz CT molecular complexity index is 887. The Morgan fingerprint density at radius 3 is 2.84 bits per heavy atom. The molecule has 7 heteroatoms. The summed E-state index contributed by atoms with van der Waals surface area (Å²) in [5, 5.41) is 7.48. The van der Waals surface area contributed by atoms with Crippen LogP contribution in [0.4, 0.5) is 0 Å². The summed E-state index contributed by atoms with van der Waals surface area (Å²) in [7, 11) is 0. The van der Waals surface area contributed by atoms with Crippen molar-refractivity contribution in [1.82, 2.24) is 29.9 Å². The number of amides is 1. The number of carbonyl (C=O) groups is 1. The summed E-state index contributed by atoms with van der Waals surface area (Å²) in [5.74, 6) is 1.12. The molecule has 3 heterocycles. The number of hydrogen-bond donors (Lipinski definition) is 1. The molecule has 0 aliphatic carbocycles. The second-order valence-electron chi connectivity index (χ2n) is 6.03. The zero-order chi connectivity index (χ0) is 17.8. The minimum Gasteiger partial charge on any atom is -0.356 e. The maximum absolute atomic E-state index is 12.2. The number of nitrogens with one attached hydrogen (secondary N) is 1. The van der Waals surface area contributed by atoms with Gasteiger partial charge in [-0.25, -0.2) is 9.50 Å². The van der Waals surface area contributed by atoms with E-state index in [-0.39, 0.29) is 5.91 Å². The van der Waals surface area contributed by atoms with Crippen molar-refractivity contribution in [1.29, 1.82) is 0 Å². The monoisotopic (exact) mass is 338 g/mol. The molecule has 0 saturated carbocycles. The van der Waals surface area contributed by atoms with Gasteiger partial charge in [0.15, 0.2) is 5.82 Å². The van der Waals surface area contributed by atoms with Crippen LogP contribution in [0.2, 0.25) is 0 Å². The van der Waals surface area contributed by atoms with Gasteiger partial charge in [-0.05, 0) is 32.4 Å². The van der Waals surface area contributed by atoms with Gasteiger partial charge in [0.05, 0.1) is 6.42 Å². The number of aryl methyl sites for hydroxylation is 2. The number of rotatable bonds is 6. The maximum atomic E-state index is 12.2. The molecule has 3 aromatic rings. The minimum atomic E-state index is 0.00778. The third kappa shape index (κ3) is 3.65. The van der Waals surface area contributed by atoms with Crippen LogP contribution >= 0.6 is 0 Å². The molecule has 1 amide bonds. The van der Waals surface area contributed by atoms with Gasteiger partial charge in [-0.1, -0.05) is 13.3 Å². The molecular formula is C18H22N6O. The van der Waals surface area contributed by atoms with Crippen molar-refractivity contribution < 1.29 is 4.79 Å². The normalized spacial score (nSPS) is 11.0. The van der Waals surface area contributed by atoms with E-state index in [1.165, 1.54) is 0 Å². The van der Waals surface area contributed by atoms with E-state index in [1.54, 1.807) is 16.9 Å². The van der Waals surface area contributed by atoms with Gasteiger partial charge in [0.1, 0.15) is 0 Å². The van der Waals surface area contributed by atoms with Crippen molar-refractivity contribution >= 4 is 11.7 Å². The van der Waals surface area contributed by atoms with E-state index < -0.39 is 0 Å². The summed E-state index contributed by atoms with van der Waals surface area (Å²) in [5.41, 5.74) is 3.42. The Morgan fingerprint density at radius 2 is 2.12 bits per heavy atom. The van der Waals surface area contributed by atoms with Gasteiger partial charge < -0.3 is 5.32 Å². The van der Waals surface area contributed by atoms with Gasteiger partial charge in [-0.2, -0.15) is 4.98 Å². The summed E-state index contributed by atoms with van der Waals surface area (Å²) in [4.78, 5) is 25.3. The Balaban J connectivity index is 1.91. The SMILES string of the molecule is CCCCNC(=O)Cc1c(C)nc2nc(-c3cccnc3)nn2c1C. The zero-order valence-corrected chi connectivity index (χ0v) is 14.8. The van der Waals surface area contributed by atoms with Crippen molar-refractivity contribution in [3.05, 3.63) is 41.5 Å². The minimum absolute atomic E-state index is 0.00778. The van der Waals surface area contributed by atoms with E-state index in [1.807, 2.05) is 26.0 Å². The topological polar surface area (TPSA) is 85.1 Å². The fourth-order valence-electron chi connectivity index (χ4n) is 2.71. The lowest BCUT2D eigenvalue weighted by atomic mass is 10.1. The first-order chi connectivity index (χ1) is 12.1. The van der Waals surface area contributed by atoms with Crippen LogP contribution < -0.4 is 5.32 Å². The summed E-state index contributed by atoms with van der Waals surface area (Å²) in [6.45, 7) is 6.65. The van der Waals surface area contributed by atoms with Crippen LogP contribution in [0, 0.1) is 13.8 Å². The van der Waals surface area contributed by atoms with Crippen LogP contribution in [0.1, 0.15) is 36.7 Å². The average Bonchev–Trinajstić information content (AvgIpc) is 3.04. The quantitative estimate of drug-likeness (QED) is 0.697. The average molecular weight is 338 g/mol. The molecule has 3 rings (SSSR count). The van der Waals surface area contributed by atoms with Gasteiger partial charge in [-0.3, -0.25) is 9.78 Å². The highest BCUT2D eigenvalue weighted by Gasteiger charge is 2.16. The lowest BCUT2D eigenvalue weighted by Crippen LogP contribution is -2.27. The predicted octanol–water partition coefficient (Wildman–Crippen LogP) is 2.26. The number of pyridine rings is 1. The molecular weight excluding hydrogens is 316 g/mol. The van der Waals surface area contributed by atoms with E-state index in [0.717, 1.165) is 35.4 Å². The Hall–Kier alpha value is -2.83. The molecule has 1 N–H and O–H groups in total. The molecule has 0 saturated heterocycles. The summed E-state index contributed by atoms with van der Waals surface area (Å²) < 4.78 is 1.70. The highest BCUT2D eigenvalue weighted by Crippen LogP contribution is 2.18. The Kier molecular flexibility index (Phi) is 5.02. The first-order valence-corrected chi connectivity index (χ1v) is 8.50. The number of carbonyl (C=O) groups excluding carboxylic acids is 1.